The van der Waals surface area contributed by atoms with Gasteiger partial charge in [0, 0.05) is 11.6 Å². The SMILES string of the molecule is CC(C)c1c(Cl)ncnc1NC1CCCCC1(C)C. The third-order valence-electron chi connectivity index (χ3n) is 4.23. The number of nitrogens with one attached hydrogen (secondary N) is 1. The van der Waals surface area contributed by atoms with Crippen LogP contribution < -0.4 is 5.32 Å². The highest BCUT2D eigenvalue weighted by Crippen LogP contribution is 2.38. The summed E-state index contributed by atoms with van der Waals surface area (Å²) in [4.78, 5) is 8.52. The van der Waals surface area contributed by atoms with E-state index < -0.39 is 0 Å². The number of anilines is 1. The summed E-state index contributed by atoms with van der Waals surface area (Å²) in [5.74, 6) is 1.23. The quantitative estimate of drug-likeness (QED) is 0.821. The molecule has 0 bridgehead atoms. The molecule has 1 N–H and O–H groups in total. The lowest BCUT2D eigenvalue weighted by Crippen LogP contribution is -2.39. The van der Waals surface area contributed by atoms with Crippen LogP contribution >= 0.6 is 11.6 Å². The van der Waals surface area contributed by atoms with Crippen molar-refractivity contribution in [2.24, 2.45) is 5.41 Å². The lowest BCUT2D eigenvalue weighted by Gasteiger charge is -2.39. The fourth-order valence-corrected chi connectivity index (χ4v) is 3.28. The van der Waals surface area contributed by atoms with E-state index in [0.29, 0.717) is 22.5 Å². The van der Waals surface area contributed by atoms with E-state index in [1.54, 1.807) is 6.33 Å². The maximum absolute atomic E-state index is 6.22. The van der Waals surface area contributed by atoms with Crippen molar-refractivity contribution < 1.29 is 0 Å². The molecule has 0 spiro atoms. The van der Waals surface area contributed by atoms with Gasteiger partial charge in [-0.3, -0.25) is 0 Å². The average Bonchev–Trinajstić information content (AvgIpc) is 2.31. The van der Waals surface area contributed by atoms with Crippen LogP contribution in [-0.4, -0.2) is 16.0 Å². The number of hydrogen-bond donors (Lipinski definition) is 1. The Morgan fingerprint density at radius 1 is 1.32 bits per heavy atom. The van der Waals surface area contributed by atoms with Crippen LogP contribution in [0.15, 0.2) is 6.33 Å². The molecule has 1 unspecified atom stereocenters. The van der Waals surface area contributed by atoms with Crippen LogP contribution in [0.3, 0.4) is 0 Å². The second-order valence-corrected chi connectivity index (χ2v) is 6.87. The summed E-state index contributed by atoms with van der Waals surface area (Å²) in [7, 11) is 0. The minimum Gasteiger partial charge on any atom is -0.366 e. The van der Waals surface area contributed by atoms with Crippen LogP contribution in [0.5, 0.6) is 0 Å². The second kappa shape index (κ2) is 5.66. The highest BCUT2D eigenvalue weighted by Gasteiger charge is 2.33. The summed E-state index contributed by atoms with van der Waals surface area (Å²) in [6.45, 7) is 8.92. The van der Waals surface area contributed by atoms with Crippen molar-refractivity contribution in [3.63, 3.8) is 0 Å². The van der Waals surface area contributed by atoms with E-state index in [0.717, 1.165) is 11.4 Å². The molecule has 1 aromatic rings. The van der Waals surface area contributed by atoms with E-state index in [1.807, 2.05) is 0 Å². The first kappa shape index (κ1) is 14.6. The van der Waals surface area contributed by atoms with Crippen LogP contribution in [0.1, 0.15) is 64.9 Å². The molecular formula is C15H24ClN3. The van der Waals surface area contributed by atoms with E-state index in [-0.39, 0.29) is 0 Å². The zero-order valence-electron chi connectivity index (χ0n) is 12.3. The van der Waals surface area contributed by atoms with Crippen LogP contribution in [-0.2, 0) is 0 Å². The highest BCUT2D eigenvalue weighted by molar-refractivity contribution is 6.30. The summed E-state index contributed by atoms with van der Waals surface area (Å²) in [6, 6.07) is 0.463. The number of nitrogens with zero attached hydrogens (tertiary/aromatic N) is 2. The van der Waals surface area contributed by atoms with Gasteiger partial charge in [-0.1, -0.05) is 52.1 Å². The summed E-state index contributed by atoms with van der Waals surface area (Å²) < 4.78 is 0. The van der Waals surface area contributed by atoms with Crippen LogP contribution in [0.2, 0.25) is 5.15 Å². The van der Waals surface area contributed by atoms with Gasteiger partial charge < -0.3 is 5.32 Å². The van der Waals surface area contributed by atoms with E-state index >= 15 is 0 Å². The molecule has 1 heterocycles. The molecule has 2 rings (SSSR count). The van der Waals surface area contributed by atoms with Crippen molar-refractivity contribution in [2.45, 2.75) is 65.3 Å². The molecule has 1 aliphatic rings. The van der Waals surface area contributed by atoms with Gasteiger partial charge >= 0.3 is 0 Å². The van der Waals surface area contributed by atoms with Crippen molar-refractivity contribution in [1.82, 2.24) is 9.97 Å². The molecule has 19 heavy (non-hydrogen) atoms. The molecule has 3 nitrogen and oxygen atoms in total. The van der Waals surface area contributed by atoms with Crippen LogP contribution in [0.4, 0.5) is 5.82 Å². The lowest BCUT2D eigenvalue weighted by molar-refractivity contribution is 0.216. The Bertz CT molecular complexity index is 443. The summed E-state index contributed by atoms with van der Waals surface area (Å²) in [5.41, 5.74) is 1.34. The van der Waals surface area contributed by atoms with Gasteiger partial charge in [0.1, 0.15) is 17.3 Å². The molecule has 4 heteroatoms. The number of halogens is 1. The van der Waals surface area contributed by atoms with Gasteiger partial charge in [-0.15, -0.1) is 0 Å². The van der Waals surface area contributed by atoms with Gasteiger partial charge in [0.15, 0.2) is 0 Å². The Hall–Kier alpha value is -0.830. The zero-order valence-corrected chi connectivity index (χ0v) is 13.1. The fourth-order valence-electron chi connectivity index (χ4n) is 2.93. The number of rotatable bonds is 3. The van der Waals surface area contributed by atoms with Crippen LogP contribution in [0, 0.1) is 5.41 Å². The predicted molar refractivity (Wildman–Crippen MR) is 80.8 cm³/mol. The largest absolute Gasteiger partial charge is 0.366 e. The standard InChI is InChI=1S/C15H24ClN3/c1-10(2)12-13(16)17-9-18-14(12)19-11-7-5-6-8-15(11,3)4/h9-11H,5-8H2,1-4H3,(H,17,18,19). The molecule has 106 valence electrons. The normalized spacial score (nSPS) is 22.5. The maximum Gasteiger partial charge on any atom is 0.138 e. The molecule has 0 saturated heterocycles. The Balaban J connectivity index is 2.26. The number of hydrogen-bond acceptors (Lipinski definition) is 3. The minimum absolute atomic E-state index is 0.309. The predicted octanol–water partition coefficient (Wildman–Crippen LogP) is 4.63. The minimum atomic E-state index is 0.309. The average molecular weight is 282 g/mol. The van der Waals surface area contributed by atoms with Gasteiger partial charge in [0.2, 0.25) is 0 Å². The first-order valence-corrected chi connectivity index (χ1v) is 7.56. The highest BCUT2D eigenvalue weighted by atomic mass is 35.5. The Morgan fingerprint density at radius 2 is 2.05 bits per heavy atom. The van der Waals surface area contributed by atoms with Crippen molar-refractivity contribution in [1.29, 1.82) is 0 Å². The molecule has 1 fully saturated rings. The first-order valence-electron chi connectivity index (χ1n) is 7.19. The molecule has 0 amide bonds. The molecule has 0 aliphatic heterocycles. The van der Waals surface area contributed by atoms with Gasteiger partial charge in [-0.05, 0) is 24.2 Å². The van der Waals surface area contributed by atoms with E-state index in [9.17, 15) is 0 Å². The topological polar surface area (TPSA) is 37.8 Å². The van der Waals surface area contributed by atoms with E-state index in [4.69, 9.17) is 11.6 Å². The maximum atomic E-state index is 6.22. The molecule has 1 aromatic heterocycles. The van der Waals surface area contributed by atoms with Crippen LogP contribution in [0.25, 0.3) is 0 Å². The molecule has 1 saturated carbocycles. The van der Waals surface area contributed by atoms with Crippen molar-refractivity contribution in [3.05, 3.63) is 17.0 Å². The summed E-state index contributed by atoms with van der Waals surface area (Å²) in [5, 5.41) is 4.20. The Kier molecular flexibility index (Phi) is 4.34. The Morgan fingerprint density at radius 3 is 2.68 bits per heavy atom. The number of aromatic nitrogens is 2. The smallest absolute Gasteiger partial charge is 0.138 e. The van der Waals surface area contributed by atoms with Gasteiger partial charge in [0.05, 0.1) is 0 Å². The molecule has 0 radical (unpaired) electrons. The molecule has 0 aromatic carbocycles. The lowest BCUT2D eigenvalue weighted by atomic mass is 9.73. The van der Waals surface area contributed by atoms with Crippen molar-refractivity contribution >= 4 is 17.4 Å². The third-order valence-corrected chi connectivity index (χ3v) is 4.53. The third kappa shape index (κ3) is 3.19. The van der Waals surface area contributed by atoms with E-state index in [2.05, 4.69) is 43.0 Å². The Labute approximate surface area is 121 Å². The zero-order chi connectivity index (χ0) is 14.0. The van der Waals surface area contributed by atoms with Crippen molar-refractivity contribution in [2.75, 3.05) is 5.32 Å². The summed E-state index contributed by atoms with van der Waals surface area (Å²) >= 11 is 6.22. The fraction of sp³-hybridized carbons (Fsp3) is 0.733. The first-order chi connectivity index (χ1) is 8.92. The van der Waals surface area contributed by atoms with Gasteiger partial charge in [-0.2, -0.15) is 0 Å². The molecular weight excluding hydrogens is 258 g/mol. The second-order valence-electron chi connectivity index (χ2n) is 6.51. The van der Waals surface area contributed by atoms with Gasteiger partial charge in [-0.25, -0.2) is 9.97 Å². The monoisotopic (exact) mass is 281 g/mol. The van der Waals surface area contributed by atoms with Gasteiger partial charge in [0.25, 0.3) is 0 Å². The summed E-state index contributed by atoms with van der Waals surface area (Å²) in [6.07, 6.45) is 6.63. The molecule has 1 aliphatic carbocycles. The van der Waals surface area contributed by atoms with Crippen molar-refractivity contribution in [3.8, 4) is 0 Å². The molecule has 1 atom stereocenters. The van der Waals surface area contributed by atoms with E-state index in [1.165, 1.54) is 25.7 Å².